The summed E-state index contributed by atoms with van der Waals surface area (Å²) in [6, 6.07) is -4.12. The Hall–Kier alpha value is -1.07. The molecule has 0 bridgehead atoms. The number of hydrogen-bond donors (Lipinski definition) is 1. The van der Waals surface area contributed by atoms with Gasteiger partial charge in [-0.15, -0.1) is 0 Å². The van der Waals surface area contributed by atoms with Crippen molar-refractivity contribution in [2.75, 3.05) is 0 Å². The van der Waals surface area contributed by atoms with Gasteiger partial charge in [0.15, 0.2) is 0 Å². The summed E-state index contributed by atoms with van der Waals surface area (Å²) in [5.74, 6) is 0. The Bertz CT molecular complexity index is 218. The fraction of sp³-hybridized carbons (Fsp3) is 0.400. The first-order valence-corrected chi connectivity index (χ1v) is 2.75. The van der Waals surface area contributed by atoms with Gasteiger partial charge in [0.25, 0.3) is 0 Å². The van der Waals surface area contributed by atoms with E-state index < -0.39 is 12.5 Å². The van der Waals surface area contributed by atoms with Crippen molar-refractivity contribution >= 4 is 0 Å². The van der Waals surface area contributed by atoms with Crippen molar-refractivity contribution in [1.29, 1.82) is 0 Å². The van der Waals surface area contributed by atoms with Crippen LogP contribution in [0.15, 0.2) is 18.7 Å². The normalized spacial score (nSPS) is 12.5. The number of alkyl halides is 4. The van der Waals surface area contributed by atoms with Gasteiger partial charge in [0.1, 0.15) is 12.4 Å². The highest BCUT2D eigenvalue weighted by Crippen LogP contribution is 2.21. The molecule has 0 aliphatic carbocycles. The molecule has 0 aliphatic heterocycles. The van der Waals surface area contributed by atoms with Crippen molar-refractivity contribution in [3.8, 4) is 0 Å². The van der Waals surface area contributed by atoms with Gasteiger partial charge in [0.05, 0.1) is 0 Å². The molecule has 2 nitrogen and oxygen atoms in total. The lowest BCUT2D eigenvalue weighted by Crippen LogP contribution is -2.53. The Morgan fingerprint density at radius 3 is 2.36 bits per heavy atom. The lowest BCUT2D eigenvalue weighted by Gasteiger charge is -2.09. The topological polar surface area (TPSA) is 19.7 Å². The lowest BCUT2D eigenvalue weighted by atomic mass is 10.5. The Morgan fingerprint density at radius 2 is 2.00 bits per heavy atom. The van der Waals surface area contributed by atoms with Crippen LogP contribution >= 0.6 is 0 Å². The third-order valence-electron chi connectivity index (χ3n) is 1.15. The molecule has 0 radical (unpaired) electrons. The number of halogens is 4. The zero-order valence-corrected chi connectivity index (χ0v) is 5.27. The monoisotopic (exact) mass is 169 g/mol. The SMILES string of the molecule is FC(F)C(F)(F)[n+]1cc[nH]c1. The Labute approximate surface area is 59.5 Å². The highest BCUT2D eigenvalue weighted by Gasteiger charge is 2.47. The molecule has 0 aliphatic rings. The first-order chi connectivity index (χ1) is 5.05. The molecule has 6 heteroatoms. The molecular weight excluding hydrogens is 164 g/mol. The fourth-order valence-electron chi connectivity index (χ4n) is 0.588. The molecule has 1 aromatic heterocycles. The highest BCUT2D eigenvalue weighted by molar-refractivity contribution is 4.59. The second-order valence-corrected chi connectivity index (χ2v) is 1.91. The first-order valence-electron chi connectivity index (χ1n) is 2.75. The van der Waals surface area contributed by atoms with Gasteiger partial charge in [0, 0.05) is 0 Å². The molecule has 1 N–H and O–H groups in total. The van der Waals surface area contributed by atoms with Crippen LogP contribution in [0.2, 0.25) is 0 Å². The molecule has 0 spiro atoms. The van der Waals surface area contributed by atoms with Crippen molar-refractivity contribution in [2.45, 2.75) is 12.5 Å². The molecule has 1 aromatic rings. The van der Waals surface area contributed by atoms with Gasteiger partial charge in [-0.2, -0.15) is 22.1 Å². The van der Waals surface area contributed by atoms with E-state index in [1.807, 2.05) is 0 Å². The first kappa shape index (κ1) is 8.03. The van der Waals surface area contributed by atoms with Crippen LogP contribution in [0.25, 0.3) is 0 Å². The van der Waals surface area contributed by atoms with E-state index in [1.54, 1.807) is 0 Å². The Morgan fingerprint density at radius 1 is 1.36 bits per heavy atom. The summed E-state index contributed by atoms with van der Waals surface area (Å²) in [5.41, 5.74) is 0. The number of hydrogen-bond acceptors (Lipinski definition) is 0. The summed E-state index contributed by atoms with van der Waals surface area (Å²) in [5, 5.41) is 0. The smallest absolute Gasteiger partial charge is 0.250 e. The van der Waals surface area contributed by atoms with Crippen LogP contribution in [-0.4, -0.2) is 11.4 Å². The van der Waals surface area contributed by atoms with E-state index in [4.69, 9.17) is 0 Å². The molecule has 0 aromatic carbocycles. The summed E-state index contributed by atoms with van der Waals surface area (Å²) in [6.45, 7) is 0. The van der Waals surface area contributed by atoms with E-state index in [0.717, 1.165) is 18.7 Å². The minimum atomic E-state index is -4.12. The van der Waals surface area contributed by atoms with Gasteiger partial charge in [-0.1, -0.05) is 0 Å². The van der Waals surface area contributed by atoms with Crippen LogP contribution in [0.5, 0.6) is 0 Å². The predicted octanol–water partition coefficient (Wildman–Crippen LogP) is 1.12. The highest BCUT2D eigenvalue weighted by atomic mass is 19.3. The van der Waals surface area contributed by atoms with Crippen molar-refractivity contribution in [1.82, 2.24) is 4.98 Å². The minimum Gasteiger partial charge on any atom is -0.250 e. The molecule has 0 saturated heterocycles. The van der Waals surface area contributed by atoms with Gasteiger partial charge in [-0.05, 0) is 0 Å². The average Bonchev–Trinajstić information content (AvgIpc) is 2.37. The number of aromatic amines is 1. The summed E-state index contributed by atoms with van der Waals surface area (Å²) in [6.07, 6.45) is -0.947. The molecule has 0 atom stereocenters. The maximum atomic E-state index is 12.3. The number of imidazole rings is 1. The van der Waals surface area contributed by atoms with Gasteiger partial charge in [-0.3, -0.25) is 4.98 Å². The van der Waals surface area contributed by atoms with E-state index >= 15 is 0 Å². The van der Waals surface area contributed by atoms with Crippen LogP contribution in [0, 0.1) is 0 Å². The maximum absolute atomic E-state index is 12.3. The summed E-state index contributed by atoms with van der Waals surface area (Å²) < 4.78 is 47.9. The molecule has 1 rings (SSSR count). The Balaban J connectivity index is 2.90. The van der Waals surface area contributed by atoms with Crippen LogP contribution in [0.1, 0.15) is 0 Å². The van der Waals surface area contributed by atoms with Crippen molar-refractivity contribution in [2.24, 2.45) is 0 Å². The summed E-state index contributed by atoms with van der Waals surface area (Å²) in [7, 11) is 0. The van der Waals surface area contributed by atoms with E-state index in [2.05, 4.69) is 4.98 Å². The van der Waals surface area contributed by atoms with E-state index in [0.29, 0.717) is 0 Å². The van der Waals surface area contributed by atoms with Crippen LogP contribution in [0.4, 0.5) is 17.6 Å². The van der Waals surface area contributed by atoms with Crippen LogP contribution in [-0.2, 0) is 6.05 Å². The number of H-pyrrole nitrogens is 1. The van der Waals surface area contributed by atoms with E-state index in [1.165, 1.54) is 0 Å². The quantitative estimate of drug-likeness (QED) is 0.505. The maximum Gasteiger partial charge on any atom is 0.459 e. The van der Waals surface area contributed by atoms with Crippen molar-refractivity contribution < 1.29 is 22.1 Å². The fourth-order valence-corrected chi connectivity index (χ4v) is 0.588. The molecular formula is C5H5F4N2+. The van der Waals surface area contributed by atoms with Gasteiger partial charge in [-0.25, -0.2) is 0 Å². The second-order valence-electron chi connectivity index (χ2n) is 1.91. The molecule has 0 amide bonds. The van der Waals surface area contributed by atoms with Crippen molar-refractivity contribution in [3.05, 3.63) is 18.7 Å². The number of aromatic nitrogens is 2. The summed E-state index contributed by atoms with van der Waals surface area (Å²) in [4.78, 5) is 2.24. The zero-order chi connectivity index (χ0) is 8.48. The standard InChI is InChI=1S/C5H4F4N2/c6-4(7)5(8,9)11-2-1-10-3-11/h1-4H/p+1. The number of rotatable bonds is 2. The molecule has 62 valence electrons. The Kier molecular flexibility index (Phi) is 1.84. The van der Waals surface area contributed by atoms with Gasteiger partial charge < -0.3 is 0 Å². The molecule has 1 heterocycles. The minimum absolute atomic E-state index is 0.123. The molecule has 11 heavy (non-hydrogen) atoms. The predicted molar refractivity (Wildman–Crippen MR) is 27.2 cm³/mol. The average molecular weight is 169 g/mol. The summed E-state index contributed by atoms with van der Waals surface area (Å²) >= 11 is 0. The molecule has 0 unspecified atom stereocenters. The zero-order valence-electron chi connectivity index (χ0n) is 5.27. The third kappa shape index (κ3) is 1.33. The van der Waals surface area contributed by atoms with E-state index in [-0.39, 0.29) is 4.57 Å². The van der Waals surface area contributed by atoms with Gasteiger partial charge >= 0.3 is 12.5 Å². The second kappa shape index (κ2) is 2.52. The number of nitrogens with one attached hydrogen (secondary N) is 1. The van der Waals surface area contributed by atoms with Crippen LogP contribution < -0.4 is 4.57 Å². The van der Waals surface area contributed by atoms with E-state index in [9.17, 15) is 17.6 Å². The largest absolute Gasteiger partial charge is 0.459 e. The lowest BCUT2D eigenvalue weighted by molar-refractivity contribution is -0.833. The molecule has 0 saturated carbocycles. The number of nitrogens with zero attached hydrogens (tertiary/aromatic N) is 1. The molecule has 0 fully saturated rings. The third-order valence-corrected chi connectivity index (χ3v) is 1.15. The van der Waals surface area contributed by atoms with Crippen LogP contribution in [0.3, 0.4) is 0 Å². The van der Waals surface area contributed by atoms with Crippen molar-refractivity contribution in [3.63, 3.8) is 0 Å². The van der Waals surface area contributed by atoms with Gasteiger partial charge in [0.2, 0.25) is 6.33 Å².